The van der Waals surface area contributed by atoms with Crippen molar-refractivity contribution >= 4 is 17.5 Å². The van der Waals surface area contributed by atoms with E-state index in [0.717, 1.165) is 0 Å². The Hall–Kier alpha value is -1.42. The fourth-order valence-corrected chi connectivity index (χ4v) is 1.56. The van der Waals surface area contributed by atoms with Crippen molar-refractivity contribution in [1.29, 1.82) is 0 Å². The summed E-state index contributed by atoms with van der Waals surface area (Å²) in [6.07, 6.45) is 0. The lowest BCUT2D eigenvalue weighted by Gasteiger charge is -2.19. The highest BCUT2D eigenvalue weighted by Gasteiger charge is 2.15. The van der Waals surface area contributed by atoms with Gasteiger partial charge >= 0.3 is 0 Å². The Morgan fingerprint density at radius 1 is 1.29 bits per heavy atom. The first-order chi connectivity index (χ1) is 7.93. The zero-order valence-electron chi connectivity index (χ0n) is 9.77. The normalized spacial score (nSPS) is 14.1. The summed E-state index contributed by atoms with van der Waals surface area (Å²) in [6.45, 7) is 3.78. The molecule has 0 radical (unpaired) electrons. The lowest BCUT2D eigenvalue weighted by atomic mass is 10.1. The molecule has 1 aromatic rings. The summed E-state index contributed by atoms with van der Waals surface area (Å²) >= 11 is 5.70. The molecule has 1 aromatic carbocycles. The molecular weight excluding hydrogens is 242 g/mol. The summed E-state index contributed by atoms with van der Waals surface area (Å²) in [5, 5.41) is 21.3. The number of alkyl halides is 1. The van der Waals surface area contributed by atoms with Crippen LogP contribution in [0.2, 0.25) is 0 Å². The summed E-state index contributed by atoms with van der Waals surface area (Å²) in [6, 6.07) is 3.69. The van der Waals surface area contributed by atoms with Crippen LogP contribution < -0.4 is 5.32 Å². The van der Waals surface area contributed by atoms with E-state index in [1.807, 2.05) is 13.8 Å². The number of hydrogen-bond donors (Lipinski definition) is 3. The number of amides is 1. The van der Waals surface area contributed by atoms with E-state index in [1.54, 1.807) is 0 Å². The highest BCUT2D eigenvalue weighted by Crippen LogP contribution is 2.20. The van der Waals surface area contributed by atoms with Crippen LogP contribution in [-0.2, 0) is 0 Å². The van der Waals surface area contributed by atoms with Crippen molar-refractivity contribution in [2.24, 2.45) is 5.92 Å². The van der Waals surface area contributed by atoms with Gasteiger partial charge in [0.05, 0.1) is 0 Å². The molecule has 3 N–H and O–H groups in total. The Balaban J connectivity index is 2.76. The van der Waals surface area contributed by atoms with Crippen molar-refractivity contribution in [3.63, 3.8) is 0 Å². The topological polar surface area (TPSA) is 69.6 Å². The highest BCUT2D eigenvalue weighted by atomic mass is 35.5. The molecule has 0 aliphatic carbocycles. The lowest BCUT2D eigenvalue weighted by Crippen LogP contribution is -2.37. The maximum absolute atomic E-state index is 11.8. The zero-order chi connectivity index (χ0) is 13.0. The van der Waals surface area contributed by atoms with E-state index in [4.69, 9.17) is 11.6 Å². The summed E-state index contributed by atoms with van der Waals surface area (Å²) in [5.41, 5.74) is 0.219. The van der Waals surface area contributed by atoms with Gasteiger partial charge in [-0.3, -0.25) is 4.79 Å². The number of benzene rings is 1. The van der Waals surface area contributed by atoms with Gasteiger partial charge in [-0.05, 0) is 25.0 Å². The maximum atomic E-state index is 11.8. The Morgan fingerprint density at radius 2 is 1.82 bits per heavy atom. The molecule has 0 aliphatic rings. The molecule has 0 aromatic heterocycles. The maximum Gasteiger partial charge on any atom is 0.251 e. The van der Waals surface area contributed by atoms with Gasteiger partial charge in [0.25, 0.3) is 5.91 Å². The molecule has 2 atom stereocenters. The monoisotopic (exact) mass is 257 g/mol. The SMILES string of the molecule is CC(CCl)C(C)NC(=O)c1cc(O)cc(O)c1. The molecule has 94 valence electrons. The molecule has 17 heavy (non-hydrogen) atoms. The van der Waals surface area contributed by atoms with Gasteiger partial charge in [0.1, 0.15) is 11.5 Å². The fraction of sp³-hybridized carbons (Fsp3) is 0.417. The first-order valence-electron chi connectivity index (χ1n) is 5.34. The molecule has 0 bridgehead atoms. The van der Waals surface area contributed by atoms with Crippen LogP contribution in [0.1, 0.15) is 24.2 Å². The van der Waals surface area contributed by atoms with Crippen molar-refractivity contribution in [3.05, 3.63) is 23.8 Å². The Morgan fingerprint density at radius 3 is 2.29 bits per heavy atom. The van der Waals surface area contributed by atoms with Gasteiger partial charge in [0, 0.05) is 23.6 Å². The number of halogens is 1. The van der Waals surface area contributed by atoms with Crippen LogP contribution in [0.25, 0.3) is 0 Å². The number of hydrogen-bond acceptors (Lipinski definition) is 3. The van der Waals surface area contributed by atoms with Gasteiger partial charge in [-0.15, -0.1) is 11.6 Å². The Labute approximate surface area is 105 Å². The van der Waals surface area contributed by atoms with Gasteiger partial charge < -0.3 is 15.5 Å². The minimum Gasteiger partial charge on any atom is -0.508 e. The number of phenols is 2. The van der Waals surface area contributed by atoms with Crippen molar-refractivity contribution < 1.29 is 15.0 Å². The molecular formula is C12H16ClNO3. The molecule has 1 amide bonds. The van der Waals surface area contributed by atoms with Crippen molar-refractivity contribution in [1.82, 2.24) is 5.32 Å². The van der Waals surface area contributed by atoms with Crippen LogP contribution in [0.5, 0.6) is 11.5 Å². The molecule has 0 aliphatic heterocycles. The number of nitrogens with one attached hydrogen (secondary N) is 1. The fourth-order valence-electron chi connectivity index (χ4n) is 1.29. The molecule has 0 heterocycles. The van der Waals surface area contributed by atoms with Crippen LogP contribution in [0.3, 0.4) is 0 Å². The number of carbonyl (C=O) groups excluding carboxylic acids is 1. The zero-order valence-corrected chi connectivity index (χ0v) is 10.5. The Bertz CT molecular complexity index is 388. The molecule has 0 fully saturated rings. The van der Waals surface area contributed by atoms with Crippen LogP contribution in [0.4, 0.5) is 0 Å². The number of phenolic OH excluding ortho intramolecular Hbond substituents is 2. The summed E-state index contributed by atoms with van der Waals surface area (Å²) in [4.78, 5) is 11.8. The minimum absolute atomic E-state index is 0.0792. The first-order valence-corrected chi connectivity index (χ1v) is 5.87. The van der Waals surface area contributed by atoms with E-state index < -0.39 is 0 Å². The van der Waals surface area contributed by atoms with Crippen molar-refractivity contribution in [2.45, 2.75) is 19.9 Å². The van der Waals surface area contributed by atoms with Gasteiger partial charge in [-0.25, -0.2) is 0 Å². The largest absolute Gasteiger partial charge is 0.508 e. The van der Waals surface area contributed by atoms with Crippen LogP contribution >= 0.6 is 11.6 Å². The summed E-state index contributed by atoms with van der Waals surface area (Å²) in [7, 11) is 0. The second-order valence-corrected chi connectivity index (χ2v) is 4.44. The summed E-state index contributed by atoms with van der Waals surface area (Å²) < 4.78 is 0. The molecule has 2 unspecified atom stereocenters. The predicted octanol–water partition coefficient (Wildman–Crippen LogP) is 2.09. The minimum atomic E-state index is -0.347. The van der Waals surface area contributed by atoms with E-state index >= 15 is 0 Å². The van der Waals surface area contributed by atoms with Gasteiger partial charge in [0.2, 0.25) is 0 Å². The van der Waals surface area contributed by atoms with Crippen LogP contribution in [0, 0.1) is 5.92 Å². The van der Waals surface area contributed by atoms with Gasteiger partial charge in [0.15, 0.2) is 0 Å². The van der Waals surface area contributed by atoms with Gasteiger partial charge in [-0.2, -0.15) is 0 Å². The lowest BCUT2D eigenvalue weighted by molar-refractivity contribution is 0.0930. The average molecular weight is 258 g/mol. The third-order valence-corrected chi connectivity index (χ3v) is 3.11. The third-order valence-electron chi connectivity index (χ3n) is 2.62. The standard InChI is InChI=1S/C12H16ClNO3/c1-7(6-13)8(2)14-12(17)9-3-10(15)5-11(16)4-9/h3-5,7-8,15-16H,6H2,1-2H3,(H,14,17). The predicted molar refractivity (Wildman–Crippen MR) is 66.6 cm³/mol. The second-order valence-electron chi connectivity index (χ2n) is 4.13. The Kier molecular flexibility index (Phi) is 4.63. The molecule has 0 spiro atoms. The third kappa shape index (κ3) is 3.82. The number of aromatic hydroxyl groups is 2. The number of carbonyl (C=O) groups is 1. The molecule has 1 rings (SSSR count). The first kappa shape index (κ1) is 13.6. The van der Waals surface area contributed by atoms with E-state index in [9.17, 15) is 15.0 Å². The summed E-state index contributed by atoms with van der Waals surface area (Å²) in [5.74, 6) is -0.0409. The van der Waals surface area contributed by atoms with E-state index in [2.05, 4.69) is 5.32 Å². The number of rotatable bonds is 4. The van der Waals surface area contributed by atoms with E-state index in [1.165, 1.54) is 18.2 Å². The molecule has 0 saturated heterocycles. The molecule has 0 saturated carbocycles. The quantitative estimate of drug-likeness (QED) is 0.724. The average Bonchev–Trinajstić information content (AvgIpc) is 2.26. The van der Waals surface area contributed by atoms with Gasteiger partial charge in [-0.1, -0.05) is 6.92 Å². The van der Waals surface area contributed by atoms with Crippen molar-refractivity contribution in [2.75, 3.05) is 5.88 Å². The van der Waals surface area contributed by atoms with Crippen molar-refractivity contribution in [3.8, 4) is 11.5 Å². The van der Waals surface area contributed by atoms with E-state index in [0.29, 0.717) is 5.88 Å². The van der Waals surface area contributed by atoms with E-state index in [-0.39, 0.29) is 34.9 Å². The molecule has 5 heteroatoms. The smallest absolute Gasteiger partial charge is 0.251 e. The molecule has 4 nitrogen and oxygen atoms in total. The second kappa shape index (κ2) is 5.77. The van der Waals surface area contributed by atoms with Crippen LogP contribution in [0.15, 0.2) is 18.2 Å². The highest BCUT2D eigenvalue weighted by molar-refractivity contribution is 6.18. The van der Waals surface area contributed by atoms with Crippen LogP contribution in [-0.4, -0.2) is 28.0 Å².